The molecule has 1 aliphatic heterocycles. The van der Waals surface area contributed by atoms with Gasteiger partial charge in [-0.3, -0.25) is 14.7 Å². The number of fused-ring (bicyclic) bond motifs is 2. The third-order valence-corrected chi connectivity index (χ3v) is 5.89. The quantitative estimate of drug-likeness (QED) is 0.919. The summed E-state index contributed by atoms with van der Waals surface area (Å²) in [5, 5.41) is 0. The van der Waals surface area contributed by atoms with E-state index in [-0.39, 0.29) is 5.91 Å². The molecule has 5 heteroatoms. The lowest BCUT2D eigenvalue weighted by Gasteiger charge is -2.42. The van der Waals surface area contributed by atoms with Crippen LogP contribution >= 0.6 is 0 Å². The van der Waals surface area contributed by atoms with E-state index in [1.807, 2.05) is 0 Å². The third-order valence-electron chi connectivity index (χ3n) is 5.89. The van der Waals surface area contributed by atoms with E-state index in [9.17, 15) is 4.79 Å². The normalized spacial score (nSPS) is 31.6. The van der Waals surface area contributed by atoms with Crippen LogP contribution in [0.3, 0.4) is 0 Å². The van der Waals surface area contributed by atoms with E-state index >= 15 is 0 Å². The van der Waals surface area contributed by atoms with Crippen LogP contribution in [0.2, 0.25) is 0 Å². The maximum Gasteiger partial charge on any atom is 0.250 e. The minimum absolute atomic E-state index is 0.368. The molecule has 2 bridgehead atoms. The minimum Gasteiger partial charge on any atom is -0.367 e. The van der Waals surface area contributed by atoms with Crippen LogP contribution in [0.1, 0.15) is 36.0 Å². The molecule has 1 amide bonds. The van der Waals surface area contributed by atoms with Gasteiger partial charge in [0.15, 0.2) is 0 Å². The maximum atomic E-state index is 11.6. The summed E-state index contributed by atoms with van der Waals surface area (Å²) >= 11 is 0. The molecule has 0 radical (unpaired) electrons. The van der Waals surface area contributed by atoms with Gasteiger partial charge in [0, 0.05) is 38.4 Å². The van der Waals surface area contributed by atoms with Crippen LogP contribution in [0.5, 0.6) is 0 Å². The van der Waals surface area contributed by atoms with Crippen molar-refractivity contribution in [2.75, 3.05) is 31.1 Å². The zero-order valence-corrected chi connectivity index (χ0v) is 12.9. The predicted octanol–water partition coefficient (Wildman–Crippen LogP) is 1.49. The van der Waals surface area contributed by atoms with Crippen LogP contribution in [0, 0.1) is 11.8 Å². The summed E-state index contributed by atoms with van der Waals surface area (Å²) in [6, 6.07) is 2.53. The molecule has 118 valence electrons. The largest absolute Gasteiger partial charge is 0.367 e. The summed E-state index contributed by atoms with van der Waals surface area (Å²) in [5.74, 6) is 1.57. The summed E-state index contributed by atoms with van der Waals surface area (Å²) in [5.41, 5.74) is 6.96. The Morgan fingerprint density at radius 2 is 2.00 bits per heavy atom. The van der Waals surface area contributed by atoms with Gasteiger partial charge in [-0.1, -0.05) is 6.42 Å². The van der Waals surface area contributed by atoms with E-state index < -0.39 is 0 Å². The van der Waals surface area contributed by atoms with E-state index in [0.717, 1.165) is 49.7 Å². The molecule has 2 aliphatic carbocycles. The molecular formula is C17H24N4O. The van der Waals surface area contributed by atoms with Gasteiger partial charge in [0.1, 0.15) is 0 Å². The summed E-state index contributed by atoms with van der Waals surface area (Å²) in [6.07, 6.45) is 9.16. The fourth-order valence-corrected chi connectivity index (χ4v) is 4.80. The second kappa shape index (κ2) is 5.54. The van der Waals surface area contributed by atoms with Gasteiger partial charge in [-0.15, -0.1) is 0 Å². The van der Waals surface area contributed by atoms with Gasteiger partial charge in [-0.25, -0.2) is 0 Å². The lowest BCUT2D eigenvalue weighted by Crippen LogP contribution is -2.52. The number of anilines is 1. The highest BCUT2D eigenvalue weighted by Crippen LogP contribution is 2.46. The van der Waals surface area contributed by atoms with Gasteiger partial charge in [-0.2, -0.15) is 0 Å². The van der Waals surface area contributed by atoms with Crippen molar-refractivity contribution in [2.24, 2.45) is 17.6 Å². The Kier molecular flexibility index (Phi) is 3.53. The minimum atomic E-state index is -0.368. The van der Waals surface area contributed by atoms with Crippen molar-refractivity contribution >= 4 is 11.6 Å². The second-order valence-electron chi connectivity index (χ2n) is 7.02. The highest BCUT2D eigenvalue weighted by atomic mass is 16.1. The molecule has 2 saturated carbocycles. The van der Waals surface area contributed by atoms with Crippen LogP contribution in [-0.4, -0.2) is 48.0 Å². The molecule has 22 heavy (non-hydrogen) atoms. The fourth-order valence-electron chi connectivity index (χ4n) is 4.80. The zero-order chi connectivity index (χ0) is 15.1. The Morgan fingerprint density at radius 3 is 2.64 bits per heavy atom. The molecule has 0 unspecified atom stereocenters. The Labute approximate surface area is 131 Å². The molecule has 0 spiro atoms. The Hall–Kier alpha value is -1.62. The number of nitrogens with zero attached hydrogens (tertiary/aromatic N) is 3. The zero-order valence-electron chi connectivity index (χ0n) is 12.9. The Balaban J connectivity index is 1.43. The number of carbonyl (C=O) groups is 1. The maximum absolute atomic E-state index is 11.6. The molecule has 0 aromatic carbocycles. The van der Waals surface area contributed by atoms with Crippen LogP contribution in [0.4, 0.5) is 5.69 Å². The van der Waals surface area contributed by atoms with E-state index in [2.05, 4.69) is 14.8 Å². The summed E-state index contributed by atoms with van der Waals surface area (Å²) in [4.78, 5) is 20.7. The van der Waals surface area contributed by atoms with E-state index in [1.54, 1.807) is 18.5 Å². The van der Waals surface area contributed by atoms with Crippen molar-refractivity contribution in [3.63, 3.8) is 0 Å². The molecule has 3 aliphatic rings. The highest BCUT2D eigenvalue weighted by molar-refractivity contribution is 5.98. The first-order valence-corrected chi connectivity index (χ1v) is 8.45. The number of pyridine rings is 1. The predicted molar refractivity (Wildman–Crippen MR) is 85.8 cm³/mol. The van der Waals surface area contributed by atoms with E-state index in [0.29, 0.717) is 5.56 Å². The smallest absolute Gasteiger partial charge is 0.250 e. The molecular weight excluding hydrogens is 276 g/mol. The fraction of sp³-hybridized carbons (Fsp3) is 0.647. The standard InChI is InChI=1S/C17H24N4O/c18-17(22)14-3-4-19-11-16(14)21-7-5-20(6-8-21)15-10-12-1-2-13(15)9-12/h3-4,11-13,15H,1-2,5-10H2,(H2,18,22)/t12-,13-,15-/m0/s1. The van der Waals surface area contributed by atoms with Crippen LogP contribution in [-0.2, 0) is 0 Å². The number of hydrogen-bond acceptors (Lipinski definition) is 4. The molecule has 4 rings (SSSR count). The number of hydrogen-bond donors (Lipinski definition) is 1. The summed E-state index contributed by atoms with van der Waals surface area (Å²) in [6.45, 7) is 4.09. The summed E-state index contributed by atoms with van der Waals surface area (Å²) < 4.78 is 0. The van der Waals surface area contributed by atoms with Crippen molar-refractivity contribution in [3.05, 3.63) is 24.0 Å². The van der Waals surface area contributed by atoms with Crippen molar-refractivity contribution in [2.45, 2.75) is 31.7 Å². The van der Waals surface area contributed by atoms with E-state index in [4.69, 9.17) is 5.73 Å². The van der Waals surface area contributed by atoms with Gasteiger partial charge in [0.25, 0.3) is 5.91 Å². The molecule has 2 heterocycles. The van der Waals surface area contributed by atoms with Gasteiger partial charge in [-0.05, 0) is 37.2 Å². The highest BCUT2D eigenvalue weighted by Gasteiger charge is 2.42. The molecule has 2 N–H and O–H groups in total. The first-order chi connectivity index (χ1) is 10.7. The number of piperazine rings is 1. The Bertz CT molecular complexity index is 568. The molecule has 1 aromatic rings. The molecule has 3 fully saturated rings. The third kappa shape index (κ3) is 2.37. The van der Waals surface area contributed by atoms with Gasteiger partial charge in [0.2, 0.25) is 0 Å². The van der Waals surface area contributed by atoms with Crippen LogP contribution in [0.15, 0.2) is 18.5 Å². The molecule has 5 nitrogen and oxygen atoms in total. The number of amides is 1. The number of rotatable bonds is 3. The first kappa shape index (κ1) is 14.0. The van der Waals surface area contributed by atoms with Crippen molar-refractivity contribution < 1.29 is 4.79 Å². The second-order valence-corrected chi connectivity index (χ2v) is 7.02. The average Bonchev–Trinajstić information content (AvgIpc) is 3.18. The van der Waals surface area contributed by atoms with Gasteiger partial charge < -0.3 is 10.6 Å². The lowest BCUT2D eigenvalue weighted by atomic mass is 9.93. The molecule has 1 saturated heterocycles. The summed E-state index contributed by atoms with van der Waals surface area (Å²) in [7, 11) is 0. The van der Waals surface area contributed by atoms with Crippen molar-refractivity contribution in [3.8, 4) is 0 Å². The number of carbonyl (C=O) groups excluding carboxylic acids is 1. The number of primary amides is 1. The van der Waals surface area contributed by atoms with Gasteiger partial charge in [0.05, 0.1) is 17.4 Å². The lowest BCUT2D eigenvalue weighted by molar-refractivity contribution is 0.1000. The Morgan fingerprint density at radius 1 is 1.18 bits per heavy atom. The van der Waals surface area contributed by atoms with Crippen molar-refractivity contribution in [1.82, 2.24) is 9.88 Å². The van der Waals surface area contributed by atoms with Crippen LogP contribution in [0.25, 0.3) is 0 Å². The van der Waals surface area contributed by atoms with Crippen LogP contribution < -0.4 is 10.6 Å². The monoisotopic (exact) mass is 300 g/mol. The van der Waals surface area contributed by atoms with Gasteiger partial charge >= 0.3 is 0 Å². The first-order valence-electron chi connectivity index (χ1n) is 8.45. The topological polar surface area (TPSA) is 62.5 Å². The van der Waals surface area contributed by atoms with Crippen molar-refractivity contribution in [1.29, 1.82) is 0 Å². The number of nitrogens with two attached hydrogens (primary N) is 1. The molecule has 1 aromatic heterocycles. The molecule has 3 atom stereocenters. The van der Waals surface area contributed by atoms with E-state index in [1.165, 1.54) is 25.7 Å². The average molecular weight is 300 g/mol. The number of aromatic nitrogens is 1. The SMILES string of the molecule is NC(=O)c1ccncc1N1CCN([C@H]2C[C@H]3CC[C@H]2C3)CC1.